The molecule has 27 heavy (non-hydrogen) atoms. The van der Waals surface area contributed by atoms with Crippen LogP contribution in [0.5, 0.6) is 5.75 Å². The molecule has 0 radical (unpaired) electrons. The Hall–Kier alpha value is -1.69. The lowest BCUT2D eigenvalue weighted by molar-refractivity contribution is 0.315. The van der Waals surface area contributed by atoms with Gasteiger partial charge in [-0.25, -0.2) is 0 Å². The molecule has 0 bridgehead atoms. The van der Waals surface area contributed by atoms with E-state index in [0.717, 1.165) is 33.9 Å². The average Bonchev–Trinajstić information content (AvgIpc) is 2.72. The minimum atomic E-state index is -0.977. The molecule has 1 unspecified atom stereocenters. The Morgan fingerprint density at radius 3 is 2.41 bits per heavy atom. The van der Waals surface area contributed by atoms with Crippen LogP contribution in [0.1, 0.15) is 31.2 Å². The highest BCUT2D eigenvalue weighted by molar-refractivity contribution is 7.84. The van der Waals surface area contributed by atoms with Crippen molar-refractivity contribution in [1.29, 1.82) is 0 Å². The SMILES string of the molecule is CNC1CCC(NCc2cc(-c3cccc(S(C)=O)c3)ccc2OC)CC1. The van der Waals surface area contributed by atoms with E-state index in [1.54, 1.807) is 13.4 Å². The van der Waals surface area contributed by atoms with E-state index in [-0.39, 0.29) is 0 Å². The third-order valence-corrected chi connectivity index (χ3v) is 6.41. The van der Waals surface area contributed by atoms with Crippen molar-refractivity contribution in [3.05, 3.63) is 48.0 Å². The smallest absolute Gasteiger partial charge is 0.123 e. The van der Waals surface area contributed by atoms with Crippen LogP contribution in [0.4, 0.5) is 0 Å². The lowest BCUT2D eigenvalue weighted by Crippen LogP contribution is -2.38. The predicted octanol–water partition coefficient (Wildman–Crippen LogP) is 3.72. The highest BCUT2D eigenvalue weighted by atomic mass is 32.2. The molecule has 1 aliphatic rings. The molecular weight excluding hydrogens is 356 g/mol. The van der Waals surface area contributed by atoms with E-state index in [1.165, 1.54) is 25.7 Å². The number of hydrogen-bond acceptors (Lipinski definition) is 4. The first-order valence-corrected chi connectivity index (χ1v) is 11.2. The van der Waals surface area contributed by atoms with Gasteiger partial charge in [-0.15, -0.1) is 0 Å². The van der Waals surface area contributed by atoms with Gasteiger partial charge < -0.3 is 15.4 Å². The van der Waals surface area contributed by atoms with E-state index < -0.39 is 10.8 Å². The first-order valence-electron chi connectivity index (χ1n) is 9.62. The minimum absolute atomic E-state index is 0.564. The van der Waals surface area contributed by atoms with Gasteiger partial charge >= 0.3 is 0 Å². The summed E-state index contributed by atoms with van der Waals surface area (Å²) in [6, 6.07) is 15.5. The van der Waals surface area contributed by atoms with Gasteiger partial charge in [-0.2, -0.15) is 0 Å². The van der Waals surface area contributed by atoms with Crippen molar-refractivity contribution in [3.8, 4) is 16.9 Å². The quantitative estimate of drug-likeness (QED) is 0.761. The highest BCUT2D eigenvalue weighted by Gasteiger charge is 2.19. The van der Waals surface area contributed by atoms with Crippen LogP contribution < -0.4 is 15.4 Å². The summed E-state index contributed by atoms with van der Waals surface area (Å²) in [4.78, 5) is 0.851. The molecule has 0 heterocycles. The lowest BCUT2D eigenvalue weighted by atomic mass is 9.91. The maximum absolute atomic E-state index is 11.8. The van der Waals surface area contributed by atoms with Gasteiger partial charge in [-0.05, 0) is 68.1 Å². The zero-order valence-corrected chi connectivity index (χ0v) is 17.3. The van der Waals surface area contributed by atoms with Crippen molar-refractivity contribution in [1.82, 2.24) is 10.6 Å². The third kappa shape index (κ3) is 5.18. The van der Waals surface area contributed by atoms with Crippen LogP contribution in [0.15, 0.2) is 47.4 Å². The molecule has 1 fully saturated rings. The Morgan fingerprint density at radius 1 is 1.04 bits per heavy atom. The van der Waals surface area contributed by atoms with Crippen LogP contribution >= 0.6 is 0 Å². The van der Waals surface area contributed by atoms with E-state index >= 15 is 0 Å². The standard InChI is InChI=1S/C22H30N2O2S/c1-23-19-8-10-20(11-9-19)24-15-18-13-17(7-12-22(18)26-2)16-5-4-6-21(14-16)27(3)25/h4-7,12-14,19-20,23-24H,8-11,15H2,1-3H3. The second-order valence-corrected chi connectivity index (χ2v) is 8.61. The summed E-state index contributed by atoms with van der Waals surface area (Å²) < 4.78 is 17.4. The molecule has 1 atom stereocenters. The van der Waals surface area contributed by atoms with Crippen molar-refractivity contribution in [2.24, 2.45) is 0 Å². The average molecular weight is 387 g/mol. The number of ether oxygens (including phenoxy) is 1. The third-order valence-electron chi connectivity index (χ3n) is 5.50. The summed E-state index contributed by atoms with van der Waals surface area (Å²) in [7, 11) is 2.80. The van der Waals surface area contributed by atoms with Crippen molar-refractivity contribution in [2.75, 3.05) is 20.4 Å². The fourth-order valence-electron chi connectivity index (χ4n) is 3.79. The van der Waals surface area contributed by atoms with E-state index in [0.29, 0.717) is 12.1 Å². The van der Waals surface area contributed by atoms with Crippen LogP contribution in [0.3, 0.4) is 0 Å². The van der Waals surface area contributed by atoms with Gasteiger partial charge in [-0.1, -0.05) is 18.2 Å². The molecule has 0 amide bonds. The highest BCUT2D eigenvalue weighted by Crippen LogP contribution is 2.28. The molecule has 5 heteroatoms. The Bertz CT molecular complexity index is 786. The zero-order chi connectivity index (χ0) is 19.2. The zero-order valence-electron chi connectivity index (χ0n) is 16.5. The molecule has 2 N–H and O–H groups in total. The van der Waals surface area contributed by atoms with E-state index in [2.05, 4.69) is 35.9 Å². The van der Waals surface area contributed by atoms with Gasteiger partial charge in [0.25, 0.3) is 0 Å². The molecule has 0 aliphatic heterocycles. The van der Waals surface area contributed by atoms with Crippen LogP contribution in [0.2, 0.25) is 0 Å². The molecule has 146 valence electrons. The normalized spacial score (nSPS) is 21.0. The number of methoxy groups -OCH3 is 1. The van der Waals surface area contributed by atoms with Gasteiger partial charge in [0.15, 0.2) is 0 Å². The van der Waals surface area contributed by atoms with Crippen LogP contribution in [-0.2, 0) is 17.3 Å². The van der Waals surface area contributed by atoms with Crippen LogP contribution in [0.25, 0.3) is 11.1 Å². The van der Waals surface area contributed by atoms with E-state index in [4.69, 9.17) is 4.74 Å². The van der Waals surface area contributed by atoms with Crippen molar-refractivity contribution >= 4 is 10.8 Å². The topological polar surface area (TPSA) is 50.4 Å². The van der Waals surface area contributed by atoms with Crippen LogP contribution in [0, 0.1) is 0 Å². The number of hydrogen-bond donors (Lipinski definition) is 2. The van der Waals surface area contributed by atoms with Gasteiger partial charge in [-0.3, -0.25) is 4.21 Å². The Labute approximate surface area is 165 Å². The molecular formula is C22H30N2O2S. The first-order chi connectivity index (χ1) is 13.1. The largest absolute Gasteiger partial charge is 0.496 e. The molecule has 4 nitrogen and oxygen atoms in total. The van der Waals surface area contributed by atoms with E-state index in [1.807, 2.05) is 24.3 Å². The number of nitrogens with one attached hydrogen (secondary N) is 2. The van der Waals surface area contributed by atoms with Crippen molar-refractivity contribution in [2.45, 2.75) is 49.2 Å². The predicted molar refractivity (Wildman–Crippen MR) is 113 cm³/mol. The second kappa shape index (κ2) is 9.49. The van der Waals surface area contributed by atoms with Gasteiger partial charge in [0, 0.05) is 46.1 Å². The van der Waals surface area contributed by atoms with Gasteiger partial charge in [0.1, 0.15) is 5.75 Å². The Kier molecular flexibility index (Phi) is 7.05. The minimum Gasteiger partial charge on any atom is -0.496 e. The summed E-state index contributed by atoms with van der Waals surface area (Å²) in [5.74, 6) is 0.908. The van der Waals surface area contributed by atoms with Gasteiger partial charge in [0.05, 0.1) is 7.11 Å². The summed E-state index contributed by atoms with van der Waals surface area (Å²) in [5, 5.41) is 7.09. The Balaban J connectivity index is 1.74. The molecule has 1 aliphatic carbocycles. The Morgan fingerprint density at radius 2 is 1.74 bits per heavy atom. The molecule has 3 rings (SSSR count). The molecule has 2 aromatic rings. The summed E-state index contributed by atoms with van der Waals surface area (Å²) >= 11 is 0. The molecule has 0 spiro atoms. The molecule has 1 saturated carbocycles. The maximum Gasteiger partial charge on any atom is 0.123 e. The monoisotopic (exact) mass is 386 g/mol. The molecule has 0 aromatic heterocycles. The number of rotatable bonds is 7. The first kappa shape index (κ1) is 20.1. The molecule has 2 aromatic carbocycles. The maximum atomic E-state index is 11.8. The van der Waals surface area contributed by atoms with Crippen molar-refractivity contribution < 1.29 is 8.95 Å². The van der Waals surface area contributed by atoms with Crippen molar-refractivity contribution in [3.63, 3.8) is 0 Å². The van der Waals surface area contributed by atoms with Crippen LogP contribution in [-0.4, -0.2) is 36.7 Å². The number of benzene rings is 2. The van der Waals surface area contributed by atoms with E-state index in [9.17, 15) is 4.21 Å². The summed E-state index contributed by atoms with van der Waals surface area (Å²) in [6.07, 6.45) is 6.58. The molecule has 0 saturated heterocycles. The fourth-order valence-corrected chi connectivity index (χ4v) is 4.35. The fraction of sp³-hybridized carbons (Fsp3) is 0.455. The summed E-state index contributed by atoms with van der Waals surface area (Å²) in [6.45, 7) is 0.797. The van der Waals surface area contributed by atoms with Gasteiger partial charge in [0.2, 0.25) is 0 Å². The second-order valence-electron chi connectivity index (χ2n) is 7.23. The lowest BCUT2D eigenvalue weighted by Gasteiger charge is -2.29. The summed E-state index contributed by atoms with van der Waals surface area (Å²) in [5.41, 5.74) is 3.37.